The summed E-state index contributed by atoms with van der Waals surface area (Å²) in [5.74, 6) is 1.36. The quantitative estimate of drug-likeness (QED) is 0.679. The van der Waals surface area contributed by atoms with Crippen LogP contribution in [0.3, 0.4) is 0 Å². The molecule has 0 radical (unpaired) electrons. The van der Waals surface area contributed by atoms with Crippen LogP contribution >= 0.6 is 15.9 Å². The number of rotatable bonds is 2. The highest BCUT2D eigenvalue weighted by atomic mass is 79.9. The van der Waals surface area contributed by atoms with Gasteiger partial charge in [0, 0.05) is 6.20 Å². The van der Waals surface area contributed by atoms with E-state index in [0.717, 1.165) is 15.6 Å². The summed E-state index contributed by atoms with van der Waals surface area (Å²) >= 11 is 3.42. The van der Waals surface area contributed by atoms with E-state index in [9.17, 15) is 0 Å². The van der Waals surface area contributed by atoms with Gasteiger partial charge in [0.15, 0.2) is 0 Å². The molecule has 3 heteroatoms. The number of nitrogens with zero attached hydrogens (tertiary/aromatic N) is 1. The van der Waals surface area contributed by atoms with Gasteiger partial charge in [-0.05, 0) is 51.0 Å². The average Bonchev–Trinajstić information content (AvgIpc) is 2.41. The van der Waals surface area contributed by atoms with Gasteiger partial charge in [0.05, 0.1) is 4.47 Å². The Morgan fingerprint density at radius 1 is 0.889 bits per heavy atom. The molecule has 0 spiro atoms. The monoisotopic (exact) mass is 299 g/mol. The first-order valence-corrected chi connectivity index (χ1v) is 6.39. The Labute approximate surface area is 113 Å². The van der Waals surface area contributed by atoms with Crippen molar-refractivity contribution in [3.63, 3.8) is 0 Å². The van der Waals surface area contributed by atoms with Crippen molar-refractivity contribution in [2.75, 3.05) is 0 Å². The lowest BCUT2D eigenvalue weighted by molar-refractivity contribution is 0.460. The zero-order valence-corrected chi connectivity index (χ0v) is 11.1. The van der Waals surface area contributed by atoms with Gasteiger partial charge < -0.3 is 4.74 Å². The topological polar surface area (TPSA) is 22.1 Å². The molecule has 0 atom stereocenters. The Kier molecular flexibility index (Phi) is 2.99. The van der Waals surface area contributed by atoms with E-state index < -0.39 is 0 Å². The fourth-order valence-electron chi connectivity index (χ4n) is 1.79. The first-order valence-electron chi connectivity index (χ1n) is 5.60. The van der Waals surface area contributed by atoms with Crippen molar-refractivity contribution in [1.82, 2.24) is 4.98 Å². The van der Waals surface area contributed by atoms with E-state index in [0.29, 0.717) is 5.88 Å². The molecule has 0 unspecified atom stereocenters. The Morgan fingerprint density at radius 2 is 1.72 bits per heavy atom. The number of pyridine rings is 1. The molecule has 0 saturated carbocycles. The van der Waals surface area contributed by atoms with E-state index in [1.54, 1.807) is 6.20 Å². The van der Waals surface area contributed by atoms with Crippen molar-refractivity contribution in [3.8, 4) is 11.6 Å². The Morgan fingerprint density at radius 3 is 2.56 bits per heavy atom. The summed E-state index contributed by atoms with van der Waals surface area (Å²) in [4.78, 5) is 4.18. The van der Waals surface area contributed by atoms with E-state index in [1.165, 1.54) is 5.39 Å². The van der Waals surface area contributed by atoms with Crippen LogP contribution in [-0.2, 0) is 0 Å². The van der Waals surface area contributed by atoms with Crippen LogP contribution in [-0.4, -0.2) is 4.98 Å². The van der Waals surface area contributed by atoms with Crippen molar-refractivity contribution >= 4 is 26.7 Å². The van der Waals surface area contributed by atoms with Crippen LogP contribution in [0.25, 0.3) is 10.8 Å². The number of halogens is 1. The second kappa shape index (κ2) is 4.78. The lowest BCUT2D eigenvalue weighted by atomic mass is 10.1. The maximum Gasteiger partial charge on any atom is 0.233 e. The molecule has 0 aliphatic carbocycles. The van der Waals surface area contributed by atoms with Crippen molar-refractivity contribution in [3.05, 3.63) is 65.3 Å². The Bertz CT molecular complexity index is 697. The van der Waals surface area contributed by atoms with Crippen LogP contribution in [0, 0.1) is 0 Å². The first-order chi connectivity index (χ1) is 8.83. The molecule has 0 aliphatic heterocycles. The third kappa shape index (κ3) is 2.22. The predicted octanol–water partition coefficient (Wildman–Crippen LogP) is 4.79. The van der Waals surface area contributed by atoms with Crippen molar-refractivity contribution in [1.29, 1.82) is 0 Å². The molecule has 3 aromatic rings. The van der Waals surface area contributed by atoms with E-state index in [4.69, 9.17) is 4.74 Å². The van der Waals surface area contributed by atoms with Gasteiger partial charge in [-0.2, -0.15) is 0 Å². The van der Waals surface area contributed by atoms with Gasteiger partial charge in [0.1, 0.15) is 5.75 Å². The summed E-state index contributed by atoms with van der Waals surface area (Å²) in [6.45, 7) is 0. The number of ether oxygens (including phenoxy) is 1. The van der Waals surface area contributed by atoms with Crippen LogP contribution < -0.4 is 4.74 Å². The maximum absolute atomic E-state index is 5.76. The van der Waals surface area contributed by atoms with Gasteiger partial charge in [0.2, 0.25) is 5.88 Å². The molecule has 1 aromatic heterocycles. The highest BCUT2D eigenvalue weighted by Crippen LogP contribution is 2.28. The van der Waals surface area contributed by atoms with Gasteiger partial charge in [-0.3, -0.25) is 0 Å². The van der Waals surface area contributed by atoms with Crippen molar-refractivity contribution < 1.29 is 4.74 Å². The summed E-state index contributed by atoms with van der Waals surface area (Å²) in [6.07, 6.45) is 1.71. The lowest BCUT2D eigenvalue weighted by Gasteiger charge is -2.07. The van der Waals surface area contributed by atoms with Crippen molar-refractivity contribution in [2.45, 2.75) is 0 Å². The molecule has 2 aromatic carbocycles. The fraction of sp³-hybridized carbons (Fsp3) is 0. The third-order valence-electron chi connectivity index (χ3n) is 2.66. The summed E-state index contributed by atoms with van der Waals surface area (Å²) in [5.41, 5.74) is 0. The minimum Gasteiger partial charge on any atom is -0.438 e. The Balaban J connectivity index is 1.98. The standard InChI is InChI=1S/C15H10BrNO/c16-14-6-3-9-17-15(14)18-13-8-7-11-4-1-2-5-12(11)10-13/h1-10H. The lowest BCUT2D eigenvalue weighted by Crippen LogP contribution is -1.88. The molecule has 0 N–H and O–H groups in total. The number of hydrogen-bond donors (Lipinski definition) is 0. The first kappa shape index (κ1) is 11.2. The molecule has 3 rings (SSSR count). The molecule has 0 saturated heterocycles. The second-order valence-corrected chi connectivity index (χ2v) is 4.76. The minimum absolute atomic E-state index is 0.577. The smallest absolute Gasteiger partial charge is 0.233 e. The zero-order valence-electron chi connectivity index (χ0n) is 9.51. The summed E-state index contributed by atoms with van der Waals surface area (Å²) in [7, 11) is 0. The molecule has 2 nitrogen and oxygen atoms in total. The number of benzene rings is 2. The molecule has 1 heterocycles. The SMILES string of the molecule is Brc1cccnc1Oc1ccc2ccccc2c1. The highest BCUT2D eigenvalue weighted by Gasteiger charge is 2.03. The van der Waals surface area contributed by atoms with Gasteiger partial charge in [0.25, 0.3) is 0 Å². The number of fused-ring (bicyclic) bond motifs is 1. The Hall–Kier alpha value is -1.87. The minimum atomic E-state index is 0.577. The predicted molar refractivity (Wildman–Crippen MR) is 76.0 cm³/mol. The van der Waals surface area contributed by atoms with Crippen LogP contribution in [0.5, 0.6) is 11.6 Å². The van der Waals surface area contributed by atoms with E-state index in [-0.39, 0.29) is 0 Å². The molecule has 0 fully saturated rings. The summed E-state index contributed by atoms with van der Waals surface area (Å²) in [5, 5.41) is 2.35. The molecule has 18 heavy (non-hydrogen) atoms. The van der Waals surface area contributed by atoms with Gasteiger partial charge in [-0.1, -0.05) is 30.3 Å². The van der Waals surface area contributed by atoms with E-state index >= 15 is 0 Å². The van der Waals surface area contributed by atoms with E-state index in [1.807, 2.05) is 42.5 Å². The molecular formula is C15H10BrNO. The summed E-state index contributed by atoms with van der Waals surface area (Å²) < 4.78 is 6.60. The highest BCUT2D eigenvalue weighted by molar-refractivity contribution is 9.10. The number of aromatic nitrogens is 1. The normalized spacial score (nSPS) is 10.5. The average molecular weight is 300 g/mol. The third-order valence-corrected chi connectivity index (χ3v) is 3.26. The largest absolute Gasteiger partial charge is 0.438 e. The maximum atomic E-state index is 5.76. The number of hydrogen-bond acceptors (Lipinski definition) is 2. The van der Waals surface area contributed by atoms with Crippen LogP contribution in [0.2, 0.25) is 0 Å². The molecule has 0 bridgehead atoms. The molecule has 0 amide bonds. The van der Waals surface area contributed by atoms with Crippen LogP contribution in [0.1, 0.15) is 0 Å². The van der Waals surface area contributed by atoms with Crippen molar-refractivity contribution in [2.24, 2.45) is 0 Å². The van der Waals surface area contributed by atoms with E-state index in [2.05, 4.69) is 33.0 Å². The fourth-order valence-corrected chi connectivity index (χ4v) is 2.12. The molecule has 88 valence electrons. The zero-order chi connectivity index (χ0) is 12.4. The van der Waals surface area contributed by atoms with Gasteiger partial charge in [-0.25, -0.2) is 4.98 Å². The van der Waals surface area contributed by atoms with Crippen LogP contribution in [0.4, 0.5) is 0 Å². The molecular weight excluding hydrogens is 290 g/mol. The van der Waals surface area contributed by atoms with Gasteiger partial charge >= 0.3 is 0 Å². The second-order valence-electron chi connectivity index (χ2n) is 3.90. The van der Waals surface area contributed by atoms with Gasteiger partial charge in [-0.15, -0.1) is 0 Å². The molecule has 0 aliphatic rings. The van der Waals surface area contributed by atoms with Crippen LogP contribution in [0.15, 0.2) is 65.3 Å². The summed E-state index contributed by atoms with van der Waals surface area (Å²) in [6, 6.07) is 18.0.